The average molecular weight is 267 g/mol. The first-order valence-corrected chi connectivity index (χ1v) is 5.88. The van der Waals surface area contributed by atoms with Crippen LogP contribution in [0, 0.1) is 12.7 Å². The van der Waals surface area contributed by atoms with Gasteiger partial charge in [0.15, 0.2) is 0 Å². The monoisotopic (exact) mass is 267 g/mol. The Labute approximate surface area is 111 Å². The second kappa shape index (κ2) is 6.17. The maximum Gasteiger partial charge on any atom is 0.256 e. The molecule has 0 spiro atoms. The molecular weight excluding hydrogens is 249 g/mol. The molecule has 0 atom stereocenters. The fourth-order valence-corrected chi connectivity index (χ4v) is 1.65. The van der Waals surface area contributed by atoms with Gasteiger partial charge in [0, 0.05) is 32.7 Å². The van der Waals surface area contributed by atoms with Crippen LogP contribution in [-0.4, -0.2) is 37.4 Å². The summed E-state index contributed by atoms with van der Waals surface area (Å²) < 4.78 is 13.9. The van der Waals surface area contributed by atoms with Crippen molar-refractivity contribution in [2.45, 2.75) is 13.3 Å². The Morgan fingerprint density at radius 1 is 1.42 bits per heavy atom. The van der Waals surface area contributed by atoms with Crippen molar-refractivity contribution in [3.63, 3.8) is 0 Å². The maximum absolute atomic E-state index is 13.9. The number of carbonyl (C=O) groups is 2. The van der Waals surface area contributed by atoms with Gasteiger partial charge in [0.05, 0.1) is 5.56 Å². The molecule has 2 amide bonds. The SMILES string of the molecule is CNC(=O)CCN(C)C(=O)c1cc(N)cc(C)c1F. The summed E-state index contributed by atoms with van der Waals surface area (Å²) in [7, 11) is 3.04. The Balaban J connectivity index is 2.85. The number of nitrogen functional groups attached to an aromatic ring is 1. The summed E-state index contributed by atoms with van der Waals surface area (Å²) in [5.74, 6) is -1.24. The van der Waals surface area contributed by atoms with E-state index >= 15 is 0 Å². The van der Waals surface area contributed by atoms with Crippen LogP contribution in [0.25, 0.3) is 0 Å². The van der Waals surface area contributed by atoms with Gasteiger partial charge in [0.25, 0.3) is 5.91 Å². The van der Waals surface area contributed by atoms with Gasteiger partial charge in [-0.15, -0.1) is 0 Å². The highest BCUT2D eigenvalue weighted by Crippen LogP contribution is 2.18. The standard InChI is InChI=1S/C13H18FN3O2/c1-8-6-9(15)7-10(12(8)14)13(19)17(3)5-4-11(18)16-2/h6-7H,4-5,15H2,1-3H3,(H,16,18). The molecular formula is C13H18FN3O2. The van der Waals surface area contributed by atoms with E-state index in [-0.39, 0.29) is 24.4 Å². The van der Waals surface area contributed by atoms with E-state index in [2.05, 4.69) is 5.32 Å². The van der Waals surface area contributed by atoms with Crippen LogP contribution < -0.4 is 11.1 Å². The fraction of sp³-hybridized carbons (Fsp3) is 0.385. The molecule has 104 valence electrons. The van der Waals surface area contributed by atoms with Crippen molar-refractivity contribution in [2.24, 2.45) is 0 Å². The molecule has 0 aliphatic carbocycles. The van der Waals surface area contributed by atoms with Crippen LogP contribution in [0.3, 0.4) is 0 Å². The van der Waals surface area contributed by atoms with E-state index in [1.165, 1.54) is 31.1 Å². The van der Waals surface area contributed by atoms with Crippen LogP contribution >= 0.6 is 0 Å². The lowest BCUT2D eigenvalue weighted by Crippen LogP contribution is -2.32. The highest BCUT2D eigenvalue weighted by Gasteiger charge is 2.18. The molecule has 0 unspecified atom stereocenters. The lowest BCUT2D eigenvalue weighted by molar-refractivity contribution is -0.120. The number of rotatable bonds is 4. The van der Waals surface area contributed by atoms with E-state index < -0.39 is 11.7 Å². The summed E-state index contributed by atoms with van der Waals surface area (Å²) in [5.41, 5.74) is 6.19. The predicted octanol–water partition coefficient (Wildman–Crippen LogP) is 0.924. The molecule has 0 radical (unpaired) electrons. The van der Waals surface area contributed by atoms with Crippen LogP contribution in [0.4, 0.5) is 10.1 Å². The number of aryl methyl sites for hydroxylation is 1. The normalized spacial score (nSPS) is 10.1. The zero-order valence-electron chi connectivity index (χ0n) is 11.3. The first-order chi connectivity index (χ1) is 8.86. The van der Waals surface area contributed by atoms with Crippen molar-refractivity contribution in [1.82, 2.24) is 10.2 Å². The van der Waals surface area contributed by atoms with E-state index in [1.54, 1.807) is 6.92 Å². The molecule has 0 bridgehead atoms. The molecule has 0 aliphatic rings. The Morgan fingerprint density at radius 2 is 2.05 bits per heavy atom. The fourth-order valence-electron chi connectivity index (χ4n) is 1.65. The van der Waals surface area contributed by atoms with Crippen molar-refractivity contribution < 1.29 is 14.0 Å². The molecule has 1 aromatic carbocycles. The van der Waals surface area contributed by atoms with Gasteiger partial charge in [-0.1, -0.05) is 0 Å². The van der Waals surface area contributed by atoms with Gasteiger partial charge in [-0.3, -0.25) is 9.59 Å². The number of hydrogen-bond donors (Lipinski definition) is 2. The van der Waals surface area contributed by atoms with Gasteiger partial charge in [0.2, 0.25) is 5.91 Å². The Bertz CT molecular complexity index is 503. The van der Waals surface area contributed by atoms with Crippen LogP contribution in [0.2, 0.25) is 0 Å². The van der Waals surface area contributed by atoms with E-state index in [0.29, 0.717) is 11.3 Å². The topological polar surface area (TPSA) is 75.4 Å². The average Bonchev–Trinajstić information content (AvgIpc) is 2.38. The summed E-state index contributed by atoms with van der Waals surface area (Å²) in [6, 6.07) is 2.78. The molecule has 0 aliphatic heterocycles. The molecule has 5 nitrogen and oxygen atoms in total. The minimum absolute atomic E-state index is 0.0723. The van der Waals surface area contributed by atoms with Gasteiger partial charge in [-0.2, -0.15) is 0 Å². The summed E-state index contributed by atoms with van der Waals surface area (Å²) in [4.78, 5) is 24.5. The van der Waals surface area contributed by atoms with Crippen molar-refractivity contribution in [1.29, 1.82) is 0 Å². The molecule has 1 rings (SSSR count). The van der Waals surface area contributed by atoms with Crippen molar-refractivity contribution >= 4 is 17.5 Å². The number of carbonyl (C=O) groups excluding carboxylic acids is 2. The van der Waals surface area contributed by atoms with Crippen LogP contribution in [-0.2, 0) is 4.79 Å². The zero-order chi connectivity index (χ0) is 14.6. The van der Waals surface area contributed by atoms with Crippen LogP contribution in [0.1, 0.15) is 22.3 Å². The third kappa shape index (κ3) is 3.67. The molecule has 0 fully saturated rings. The third-order valence-electron chi connectivity index (χ3n) is 2.81. The maximum atomic E-state index is 13.9. The number of hydrogen-bond acceptors (Lipinski definition) is 3. The third-order valence-corrected chi connectivity index (χ3v) is 2.81. The van der Waals surface area contributed by atoms with E-state index in [4.69, 9.17) is 5.73 Å². The molecule has 0 saturated heterocycles. The summed E-state index contributed by atoms with van der Waals surface area (Å²) in [6.07, 6.45) is 0.168. The van der Waals surface area contributed by atoms with Crippen molar-refractivity contribution in [3.8, 4) is 0 Å². The molecule has 0 saturated carbocycles. The zero-order valence-corrected chi connectivity index (χ0v) is 11.3. The highest BCUT2D eigenvalue weighted by atomic mass is 19.1. The van der Waals surface area contributed by atoms with Gasteiger partial charge in [-0.05, 0) is 24.6 Å². The van der Waals surface area contributed by atoms with E-state index in [9.17, 15) is 14.0 Å². The van der Waals surface area contributed by atoms with Gasteiger partial charge in [-0.25, -0.2) is 4.39 Å². The Kier molecular flexibility index (Phi) is 4.86. The summed E-state index contributed by atoms with van der Waals surface area (Å²) in [6.45, 7) is 1.76. The second-order valence-corrected chi connectivity index (χ2v) is 4.35. The molecule has 0 aromatic heterocycles. The lowest BCUT2D eigenvalue weighted by Gasteiger charge is -2.18. The van der Waals surface area contributed by atoms with E-state index in [1.807, 2.05) is 0 Å². The van der Waals surface area contributed by atoms with Gasteiger partial charge < -0.3 is 16.0 Å². The largest absolute Gasteiger partial charge is 0.399 e. The molecule has 19 heavy (non-hydrogen) atoms. The van der Waals surface area contributed by atoms with Crippen LogP contribution in [0.15, 0.2) is 12.1 Å². The number of nitrogens with one attached hydrogen (secondary N) is 1. The molecule has 6 heteroatoms. The summed E-state index contributed by atoms with van der Waals surface area (Å²) in [5, 5.41) is 2.46. The number of benzene rings is 1. The number of halogens is 1. The number of anilines is 1. The Morgan fingerprint density at radius 3 is 2.63 bits per heavy atom. The number of nitrogens with zero attached hydrogens (tertiary/aromatic N) is 1. The van der Waals surface area contributed by atoms with Gasteiger partial charge >= 0.3 is 0 Å². The molecule has 3 N–H and O–H groups in total. The predicted molar refractivity (Wildman–Crippen MR) is 71.2 cm³/mol. The first-order valence-electron chi connectivity index (χ1n) is 5.88. The number of amides is 2. The van der Waals surface area contributed by atoms with Crippen molar-refractivity contribution in [2.75, 3.05) is 26.4 Å². The van der Waals surface area contributed by atoms with E-state index in [0.717, 1.165) is 0 Å². The Hall–Kier alpha value is -2.11. The lowest BCUT2D eigenvalue weighted by atomic mass is 10.1. The molecule has 0 heterocycles. The first kappa shape index (κ1) is 14.9. The second-order valence-electron chi connectivity index (χ2n) is 4.35. The highest BCUT2D eigenvalue weighted by molar-refractivity contribution is 5.95. The minimum atomic E-state index is -0.578. The number of nitrogens with two attached hydrogens (primary N) is 1. The van der Waals surface area contributed by atoms with Gasteiger partial charge in [0.1, 0.15) is 5.82 Å². The molecule has 1 aromatic rings. The quantitative estimate of drug-likeness (QED) is 0.797. The minimum Gasteiger partial charge on any atom is -0.399 e. The van der Waals surface area contributed by atoms with Crippen LogP contribution in [0.5, 0.6) is 0 Å². The summed E-state index contributed by atoms with van der Waals surface area (Å²) >= 11 is 0. The van der Waals surface area contributed by atoms with Crippen molar-refractivity contribution in [3.05, 3.63) is 29.1 Å². The smallest absolute Gasteiger partial charge is 0.256 e.